The molecule has 4 heteroatoms. The van der Waals surface area contributed by atoms with Crippen LogP contribution in [0, 0.1) is 0 Å². The first-order chi connectivity index (χ1) is 8.91. The molecule has 1 aromatic rings. The molecule has 1 aliphatic carbocycles. The lowest BCUT2D eigenvalue weighted by Crippen LogP contribution is -2.33. The van der Waals surface area contributed by atoms with Crippen LogP contribution in [0.4, 0.5) is 0 Å². The molecule has 1 N–H and O–H groups in total. The lowest BCUT2D eigenvalue weighted by Gasteiger charge is -2.15. The van der Waals surface area contributed by atoms with Crippen LogP contribution in [0.1, 0.15) is 39.2 Å². The largest absolute Gasteiger partial charge is 0.302 e. The van der Waals surface area contributed by atoms with Crippen molar-refractivity contribution < 1.29 is 4.21 Å². The summed E-state index contributed by atoms with van der Waals surface area (Å²) >= 11 is 0. The van der Waals surface area contributed by atoms with Crippen LogP contribution in [-0.4, -0.2) is 20.7 Å². The summed E-state index contributed by atoms with van der Waals surface area (Å²) < 4.78 is 15.8. The molecule has 0 radical (unpaired) electrons. The fourth-order valence-corrected chi connectivity index (χ4v) is 2.28. The van der Waals surface area contributed by atoms with Crippen molar-refractivity contribution in [1.82, 2.24) is 5.32 Å². The van der Waals surface area contributed by atoms with Gasteiger partial charge in [0.25, 0.3) is 0 Å². The monoisotopic (exact) mass is 278 g/mol. The average Bonchev–Trinajstić information content (AvgIpc) is 3.14. The van der Waals surface area contributed by atoms with E-state index in [0.29, 0.717) is 0 Å². The van der Waals surface area contributed by atoms with Gasteiger partial charge < -0.3 is 5.32 Å². The van der Waals surface area contributed by atoms with E-state index in [4.69, 9.17) is 0 Å². The maximum atomic E-state index is 11.9. The van der Waals surface area contributed by atoms with Gasteiger partial charge >= 0.3 is 0 Å². The normalized spacial score (nSPS) is 19.5. The number of nitrogens with one attached hydrogen (secondary N) is 1. The Balaban J connectivity index is 1.90. The molecule has 0 amide bonds. The van der Waals surface area contributed by atoms with Crippen LogP contribution in [0.15, 0.2) is 34.7 Å². The third-order valence-corrected chi connectivity index (χ3v) is 4.54. The summed E-state index contributed by atoms with van der Waals surface area (Å²) in [5, 5.41) is 3.51. The Morgan fingerprint density at radius 2 is 1.95 bits per heavy atom. The summed E-state index contributed by atoms with van der Waals surface area (Å²) in [7, 11) is -1.16. The summed E-state index contributed by atoms with van der Waals surface area (Å²) in [5.41, 5.74) is 1.23. The van der Waals surface area contributed by atoms with E-state index in [0.717, 1.165) is 19.4 Å². The van der Waals surface area contributed by atoms with Gasteiger partial charge in [-0.05, 0) is 39.2 Å². The van der Waals surface area contributed by atoms with Gasteiger partial charge in [-0.2, -0.15) is 4.40 Å². The van der Waals surface area contributed by atoms with Crippen molar-refractivity contribution in [2.24, 2.45) is 4.40 Å². The minimum absolute atomic E-state index is 0.0310. The lowest BCUT2D eigenvalue weighted by atomic mass is 10.2. The Morgan fingerprint density at radius 3 is 2.47 bits per heavy atom. The molecule has 0 saturated heterocycles. The van der Waals surface area contributed by atoms with Gasteiger partial charge in [-0.1, -0.05) is 30.3 Å². The number of hydrogen-bond donors (Lipinski definition) is 1. The van der Waals surface area contributed by atoms with Gasteiger partial charge in [-0.3, -0.25) is 0 Å². The molecule has 1 fully saturated rings. The van der Waals surface area contributed by atoms with E-state index in [1.165, 1.54) is 5.56 Å². The predicted molar refractivity (Wildman–Crippen MR) is 81.6 cm³/mol. The fraction of sp³-hybridized carbons (Fsp3) is 0.533. The average molecular weight is 278 g/mol. The molecule has 1 atom stereocenters. The van der Waals surface area contributed by atoms with Gasteiger partial charge in [0, 0.05) is 12.8 Å². The Labute approximate surface area is 118 Å². The van der Waals surface area contributed by atoms with Crippen LogP contribution in [0.25, 0.3) is 0 Å². The molecule has 0 aromatic heterocycles. The molecule has 0 aliphatic heterocycles. The first-order valence-corrected chi connectivity index (χ1v) is 7.78. The molecule has 1 aliphatic rings. The Kier molecular flexibility index (Phi) is 4.21. The second-order valence-corrected chi connectivity index (χ2v) is 8.03. The van der Waals surface area contributed by atoms with Crippen molar-refractivity contribution in [3.8, 4) is 0 Å². The summed E-state index contributed by atoms with van der Waals surface area (Å²) in [6.45, 7) is 6.65. The Morgan fingerprint density at radius 1 is 1.32 bits per heavy atom. The second-order valence-electron chi connectivity index (χ2n) is 6.09. The standard InChI is InChI=1S/C15H22N2OS/c1-14(2,3)19(18)17-12-15(9-10-15)16-11-13-7-5-4-6-8-13/h4-8,12,16H,9-11H2,1-3H3/t19-/m1/s1. The first kappa shape index (κ1) is 14.4. The molecular weight excluding hydrogens is 256 g/mol. The number of rotatable bonds is 5. The van der Waals surface area contributed by atoms with Crippen molar-refractivity contribution in [3.63, 3.8) is 0 Å². The zero-order valence-corrected chi connectivity index (χ0v) is 12.7. The van der Waals surface area contributed by atoms with Gasteiger partial charge in [-0.25, -0.2) is 4.21 Å². The molecule has 0 unspecified atom stereocenters. The van der Waals surface area contributed by atoms with Crippen LogP contribution < -0.4 is 5.32 Å². The summed E-state index contributed by atoms with van der Waals surface area (Å²) in [6, 6.07) is 10.3. The minimum atomic E-state index is -1.16. The van der Waals surface area contributed by atoms with Crippen molar-refractivity contribution >= 4 is 17.2 Å². The van der Waals surface area contributed by atoms with E-state index in [9.17, 15) is 4.21 Å². The highest BCUT2D eigenvalue weighted by atomic mass is 32.2. The number of nitrogens with zero attached hydrogens (tertiary/aromatic N) is 1. The molecule has 2 rings (SSSR count). The SMILES string of the molecule is CC(C)(C)[S@@](=O)N=CC1(NCc2ccccc2)CC1. The molecule has 19 heavy (non-hydrogen) atoms. The molecule has 0 heterocycles. The van der Waals surface area contributed by atoms with E-state index in [-0.39, 0.29) is 10.3 Å². The predicted octanol–water partition coefficient (Wildman–Crippen LogP) is 2.84. The van der Waals surface area contributed by atoms with E-state index in [1.54, 1.807) is 0 Å². The van der Waals surface area contributed by atoms with Gasteiger partial charge in [0.1, 0.15) is 11.0 Å². The van der Waals surface area contributed by atoms with Crippen LogP contribution >= 0.6 is 0 Å². The Bertz CT molecular complexity index is 473. The van der Waals surface area contributed by atoms with Gasteiger partial charge in [-0.15, -0.1) is 0 Å². The van der Waals surface area contributed by atoms with Gasteiger partial charge in [0.05, 0.1) is 10.3 Å². The van der Waals surface area contributed by atoms with E-state index < -0.39 is 11.0 Å². The lowest BCUT2D eigenvalue weighted by molar-refractivity contribution is 0.621. The van der Waals surface area contributed by atoms with E-state index >= 15 is 0 Å². The summed E-state index contributed by atoms with van der Waals surface area (Å²) in [6.07, 6.45) is 4.01. The van der Waals surface area contributed by atoms with Crippen LogP contribution in [0.3, 0.4) is 0 Å². The maximum Gasteiger partial charge on any atom is 0.144 e. The maximum absolute atomic E-state index is 11.9. The third-order valence-electron chi connectivity index (χ3n) is 3.20. The highest BCUT2D eigenvalue weighted by Gasteiger charge is 2.41. The molecule has 3 nitrogen and oxygen atoms in total. The summed E-state index contributed by atoms with van der Waals surface area (Å²) in [5.74, 6) is 0. The van der Waals surface area contributed by atoms with Crippen molar-refractivity contribution in [2.75, 3.05) is 0 Å². The van der Waals surface area contributed by atoms with Gasteiger partial charge in [0.2, 0.25) is 0 Å². The second kappa shape index (κ2) is 5.55. The topological polar surface area (TPSA) is 41.5 Å². The molecule has 1 aromatic carbocycles. The van der Waals surface area contributed by atoms with Crippen molar-refractivity contribution in [3.05, 3.63) is 35.9 Å². The molecule has 104 valence electrons. The quantitative estimate of drug-likeness (QED) is 0.842. The van der Waals surface area contributed by atoms with Crippen LogP contribution in [-0.2, 0) is 17.5 Å². The van der Waals surface area contributed by atoms with E-state index in [1.807, 2.05) is 45.2 Å². The Hall–Kier alpha value is -1.00. The number of benzene rings is 1. The van der Waals surface area contributed by atoms with E-state index in [2.05, 4.69) is 21.8 Å². The van der Waals surface area contributed by atoms with Crippen LogP contribution in [0.2, 0.25) is 0 Å². The highest BCUT2D eigenvalue weighted by Crippen LogP contribution is 2.34. The minimum Gasteiger partial charge on any atom is -0.302 e. The highest BCUT2D eigenvalue weighted by molar-refractivity contribution is 7.85. The van der Waals surface area contributed by atoms with Gasteiger partial charge in [0.15, 0.2) is 0 Å². The molecular formula is C15H22N2OS. The zero-order chi connectivity index (χ0) is 13.9. The molecule has 1 saturated carbocycles. The first-order valence-electron chi connectivity index (χ1n) is 6.68. The van der Waals surface area contributed by atoms with Crippen molar-refractivity contribution in [2.45, 2.75) is 50.4 Å². The smallest absolute Gasteiger partial charge is 0.144 e. The molecule has 0 spiro atoms. The van der Waals surface area contributed by atoms with Crippen LogP contribution in [0.5, 0.6) is 0 Å². The zero-order valence-electron chi connectivity index (χ0n) is 11.8. The molecule has 0 bridgehead atoms. The third kappa shape index (κ3) is 4.25. The fourth-order valence-electron chi connectivity index (χ4n) is 1.67. The number of hydrogen-bond acceptors (Lipinski definition) is 2. The van der Waals surface area contributed by atoms with Crippen molar-refractivity contribution in [1.29, 1.82) is 0 Å². The summed E-state index contributed by atoms with van der Waals surface area (Å²) in [4.78, 5) is 0.